The quantitative estimate of drug-likeness (QED) is 0.217. The summed E-state index contributed by atoms with van der Waals surface area (Å²) in [5.74, 6) is 1.94. The number of aromatic nitrogens is 4. The van der Waals surface area contributed by atoms with Crippen molar-refractivity contribution in [3.05, 3.63) is 88.0 Å². The van der Waals surface area contributed by atoms with Crippen molar-refractivity contribution in [3.63, 3.8) is 0 Å². The zero-order valence-electron chi connectivity index (χ0n) is 26.3. The summed E-state index contributed by atoms with van der Waals surface area (Å²) < 4.78 is 40.3. The van der Waals surface area contributed by atoms with Gasteiger partial charge < -0.3 is 24.0 Å². The Morgan fingerprint density at radius 3 is 2.85 bits per heavy atom. The fourth-order valence-electron chi connectivity index (χ4n) is 6.78. The number of anilines is 1. The number of alkyl halides is 1. The maximum Gasteiger partial charge on any atom is 0.349 e. The number of halogens is 2. The van der Waals surface area contributed by atoms with Gasteiger partial charge in [-0.3, -0.25) is 4.90 Å². The van der Waals surface area contributed by atoms with Crippen LogP contribution in [-0.4, -0.2) is 61.8 Å². The Labute approximate surface area is 274 Å². The smallest absolute Gasteiger partial charge is 0.349 e. The van der Waals surface area contributed by atoms with E-state index in [-0.39, 0.29) is 51.9 Å². The van der Waals surface area contributed by atoms with Gasteiger partial charge in [0.2, 0.25) is 0 Å². The monoisotopic (exact) mass is 650 g/mol. The molecule has 10 nitrogen and oxygen atoms in total. The summed E-state index contributed by atoms with van der Waals surface area (Å²) in [6.45, 7) is 3.82. The Morgan fingerprint density at radius 2 is 2.06 bits per heavy atom. The highest BCUT2D eigenvalue weighted by atomic mass is 19.1. The van der Waals surface area contributed by atoms with E-state index in [4.69, 9.17) is 15.6 Å². The summed E-state index contributed by atoms with van der Waals surface area (Å²) in [6, 6.07) is 11.9. The number of phenols is 1. The summed E-state index contributed by atoms with van der Waals surface area (Å²) in [5, 5.41) is 14.5. The van der Waals surface area contributed by atoms with Crippen molar-refractivity contribution in [2.75, 3.05) is 25.5 Å². The molecule has 6 heterocycles. The zero-order valence-corrected chi connectivity index (χ0v) is 26.3. The number of benzene rings is 2. The molecule has 2 fully saturated rings. The van der Waals surface area contributed by atoms with Gasteiger partial charge in [-0.25, -0.2) is 18.6 Å². The number of ether oxygens (including phenoxy) is 1. The van der Waals surface area contributed by atoms with Gasteiger partial charge in [0.1, 0.15) is 34.7 Å². The molecular weight excluding hydrogens is 618 g/mol. The normalized spacial score (nSPS) is 17.3. The van der Waals surface area contributed by atoms with Gasteiger partial charge in [0.25, 0.3) is 0 Å². The molecule has 12 heteroatoms. The third-order valence-corrected chi connectivity index (χ3v) is 9.01. The first-order valence-corrected chi connectivity index (χ1v) is 15.6. The van der Waals surface area contributed by atoms with Crippen molar-refractivity contribution in [3.8, 4) is 35.4 Å². The number of fused-ring (bicyclic) bond motifs is 4. The van der Waals surface area contributed by atoms with Crippen LogP contribution in [0.1, 0.15) is 36.1 Å². The highest BCUT2D eigenvalue weighted by Gasteiger charge is 2.34. The summed E-state index contributed by atoms with van der Waals surface area (Å²) in [6.07, 6.45) is 12.0. The number of aryl methyl sites for hydroxylation is 1. The third kappa shape index (κ3) is 5.56. The van der Waals surface area contributed by atoms with Gasteiger partial charge in [0.05, 0.1) is 42.3 Å². The van der Waals surface area contributed by atoms with Crippen LogP contribution in [0.15, 0.2) is 64.2 Å². The lowest BCUT2D eigenvalue weighted by Crippen LogP contribution is -2.22. The second-order valence-corrected chi connectivity index (χ2v) is 11.9. The van der Waals surface area contributed by atoms with Crippen LogP contribution in [0.25, 0.3) is 38.5 Å². The Balaban J connectivity index is 0.000000347. The third-order valence-electron chi connectivity index (χ3n) is 9.01. The van der Waals surface area contributed by atoms with Gasteiger partial charge in [-0.2, -0.15) is 9.97 Å². The molecular formula is C36H32F2N6O4. The largest absolute Gasteiger partial charge is 0.508 e. The lowest BCUT2D eigenvalue weighted by molar-refractivity contribution is 0.292. The van der Waals surface area contributed by atoms with Gasteiger partial charge in [-0.1, -0.05) is 18.1 Å². The van der Waals surface area contributed by atoms with Crippen LogP contribution in [0.4, 0.5) is 14.6 Å². The number of imidazole rings is 1. The molecule has 0 radical (unpaired) electrons. The first-order valence-electron chi connectivity index (χ1n) is 15.6. The second kappa shape index (κ2) is 12.6. The van der Waals surface area contributed by atoms with Crippen LogP contribution in [0.5, 0.6) is 11.8 Å². The molecule has 2 N–H and O–H groups in total. The van der Waals surface area contributed by atoms with Gasteiger partial charge in [-0.05, 0) is 68.4 Å². The molecule has 0 saturated carbocycles. The molecule has 8 rings (SSSR count). The molecule has 2 aliphatic rings. The van der Waals surface area contributed by atoms with Crippen molar-refractivity contribution in [2.45, 2.75) is 44.9 Å². The van der Waals surface area contributed by atoms with Crippen molar-refractivity contribution in [2.24, 2.45) is 0 Å². The Hall–Kier alpha value is -5.54. The Kier molecular flexibility index (Phi) is 8.14. The van der Waals surface area contributed by atoms with Crippen molar-refractivity contribution in [1.29, 1.82) is 0 Å². The average Bonchev–Trinajstić information content (AvgIpc) is 3.80. The van der Waals surface area contributed by atoms with E-state index in [0.29, 0.717) is 28.9 Å². The number of nitrogens with zero attached hydrogens (tertiary/aromatic N) is 5. The lowest BCUT2D eigenvalue weighted by atomic mass is 9.95. The summed E-state index contributed by atoms with van der Waals surface area (Å²) in [5.41, 5.74) is 1.85. The number of hydrogen-bond acceptors (Lipinski definition) is 9. The van der Waals surface area contributed by atoms with Crippen molar-refractivity contribution >= 4 is 33.0 Å². The van der Waals surface area contributed by atoms with Crippen LogP contribution in [0.2, 0.25) is 0 Å². The van der Waals surface area contributed by atoms with E-state index in [9.17, 15) is 18.7 Å². The van der Waals surface area contributed by atoms with Gasteiger partial charge >= 0.3 is 11.6 Å². The first-order chi connectivity index (χ1) is 23.2. The van der Waals surface area contributed by atoms with Gasteiger partial charge in [0, 0.05) is 35.3 Å². The molecule has 2 aliphatic heterocycles. The predicted molar refractivity (Wildman–Crippen MR) is 178 cm³/mol. The molecule has 6 aromatic rings. The summed E-state index contributed by atoms with van der Waals surface area (Å²) in [7, 11) is 1.42. The van der Waals surface area contributed by atoms with E-state index in [1.54, 1.807) is 13.3 Å². The molecule has 0 amide bonds. The predicted octanol–water partition coefficient (Wildman–Crippen LogP) is 6.00. The highest BCUT2D eigenvalue weighted by molar-refractivity contribution is 6.03. The number of hydrogen-bond donors (Lipinski definition) is 2. The Bertz CT molecular complexity index is 2280. The highest BCUT2D eigenvalue weighted by Crippen LogP contribution is 2.39. The lowest BCUT2D eigenvalue weighted by Gasteiger charge is -2.14. The molecule has 244 valence electrons. The van der Waals surface area contributed by atoms with Gasteiger partial charge in [-0.15, -0.1) is 6.42 Å². The number of terminal acetylenes is 1. The fraction of sp³-hybridized carbons (Fsp3) is 0.278. The van der Waals surface area contributed by atoms with E-state index in [1.807, 2.05) is 28.8 Å². The fourth-order valence-corrected chi connectivity index (χ4v) is 6.78. The van der Waals surface area contributed by atoms with Crippen LogP contribution >= 0.6 is 0 Å². The maximum absolute atomic E-state index is 14.7. The number of phenolic OH excluding ortho intramolecular Hbond substituents is 1. The van der Waals surface area contributed by atoms with E-state index in [1.165, 1.54) is 44.2 Å². The molecule has 2 unspecified atom stereocenters. The molecule has 0 spiro atoms. The van der Waals surface area contributed by atoms with Crippen molar-refractivity contribution in [1.82, 2.24) is 24.3 Å². The maximum atomic E-state index is 14.7. The molecule has 0 aliphatic carbocycles. The van der Waals surface area contributed by atoms with E-state index in [0.717, 1.165) is 24.2 Å². The molecule has 0 bridgehead atoms. The SMILES string of the molecule is C#Cc1c(F)ccc2cc(O)cc(-c3oc(=O)c4c(NCc5ncn6ccccc56)nc(OC)nc4c3C)c12.FC1CC2CCCN2C1. The minimum absolute atomic E-state index is 0.0143. The topological polar surface area (TPSA) is 118 Å². The minimum atomic E-state index is -0.736. The summed E-state index contributed by atoms with van der Waals surface area (Å²) >= 11 is 0. The van der Waals surface area contributed by atoms with Crippen LogP contribution in [0, 0.1) is 25.1 Å². The van der Waals surface area contributed by atoms with Crippen molar-refractivity contribution < 1.29 is 23.0 Å². The van der Waals surface area contributed by atoms with Crippen LogP contribution < -0.4 is 15.7 Å². The van der Waals surface area contributed by atoms with Crippen LogP contribution in [0.3, 0.4) is 0 Å². The number of aromatic hydroxyl groups is 1. The standard InChI is InChI=1S/C29H20FN5O4.C7H12FN/c1-4-18-20(30)9-8-16-11-17(36)12-19(23(16)18)26-15(2)25-24(28(37)39-26)27(34-29(33-25)38-3)31-13-21-22-7-5-6-10-35(22)14-32-21;8-6-4-7-2-1-3-9(7)5-6/h1,5-12,14,36H,13H2,2-3H3,(H,31,33,34);6-7H,1-5H2. The number of pyridine rings is 1. The Morgan fingerprint density at radius 1 is 1.21 bits per heavy atom. The number of methoxy groups -OCH3 is 1. The second-order valence-electron chi connectivity index (χ2n) is 11.9. The minimum Gasteiger partial charge on any atom is -0.508 e. The molecule has 48 heavy (non-hydrogen) atoms. The molecule has 4 aromatic heterocycles. The van der Waals surface area contributed by atoms with E-state index in [2.05, 4.69) is 31.1 Å². The van der Waals surface area contributed by atoms with E-state index >= 15 is 0 Å². The number of nitrogens with one attached hydrogen (secondary N) is 1. The average molecular weight is 651 g/mol. The molecule has 2 saturated heterocycles. The number of rotatable bonds is 5. The van der Waals surface area contributed by atoms with Crippen LogP contribution in [-0.2, 0) is 6.54 Å². The molecule has 2 aromatic carbocycles. The summed E-state index contributed by atoms with van der Waals surface area (Å²) in [4.78, 5) is 28.9. The molecule has 2 atom stereocenters. The first kappa shape index (κ1) is 31.1. The zero-order chi connectivity index (χ0) is 33.5. The van der Waals surface area contributed by atoms with E-state index < -0.39 is 17.6 Å². The van der Waals surface area contributed by atoms with Gasteiger partial charge in [0.15, 0.2) is 0 Å².